The summed E-state index contributed by atoms with van der Waals surface area (Å²) in [5, 5.41) is 4.02. The molecule has 2 fully saturated rings. The van der Waals surface area contributed by atoms with Gasteiger partial charge in [-0.2, -0.15) is 4.98 Å². The van der Waals surface area contributed by atoms with Crippen LogP contribution in [0.25, 0.3) is 28.0 Å². The van der Waals surface area contributed by atoms with Crippen molar-refractivity contribution in [3.8, 4) is 16.9 Å². The van der Waals surface area contributed by atoms with Gasteiger partial charge in [-0.1, -0.05) is 24.3 Å². The van der Waals surface area contributed by atoms with Gasteiger partial charge in [-0.3, -0.25) is 9.47 Å². The first-order valence-electron chi connectivity index (χ1n) is 13.4. The Balaban J connectivity index is 1.20. The fourth-order valence-electron chi connectivity index (χ4n) is 5.40. The van der Waals surface area contributed by atoms with Crippen LogP contribution in [-0.2, 0) is 16.6 Å². The van der Waals surface area contributed by atoms with Crippen LogP contribution < -0.4 is 21.5 Å². The van der Waals surface area contributed by atoms with E-state index in [0.717, 1.165) is 74.3 Å². The van der Waals surface area contributed by atoms with E-state index in [9.17, 15) is 13.2 Å². The zero-order valence-electron chi connectivity index (χ0n) is 21.6. The minimum absolute atomic E-state index is 0.0520. The number of rotatable bonds is 7. The van der Waals surface area contributed by atoms with E-state index in [0.29, 0.717) is 5.65 Å². The number of aromatic amines is 1. The Morgan fingerprint density at radius 3 is 2.46 bits per heavy atom. The average Bonchev–Trinajstić information content (AvgIpc) is 3.54. The van der Waals surface area contributed by atoms with Crippen LogP contribution in [0.5, 0.6) is 0 Å². The van der Waals surface area contributed by atoms with Crippen LogP contribution in [0.4, 0.5) is 0 Å². The number of piperidine rings is 1. The van der Waals surface area contributed by atoms with Crippen molar-refractivity contribution < 1.29 is 8.42 Å². The normalized spacial score (nSPS) is 19.2. The number of fused-ring (bicyclic) bond motifs is 1. The summed E-state index contributed by atoms with van der Waals surface area (Å²) < 4.78 is 30.0. The second kappa shape index (κ2) is 10.7. The van der Waals surface area contributed by atoms with Crippen molar-refractivity contribution in [2.75, 3.05) is 26.2 Å². The Hall–Kier alpha value is -3.35. The number of hydrogen-bond acceptors (Lipinski definition) is 7. The van der Waals surface area contributed by atoms with Gasteiger partial charge in [0.1, 0.15) is 5.65 Å². The SMILES string of the molecule is N[C@@H]1CCN(Cc2ccc(-n3cc4cc(-c5ccc(S(=O)(=O)NC6CCNCC6)cc5)[nH]c4nc3=O)cc2)C1. The number of aromatic nitrogens is 3. The van der Waals surface area contributed by atoms with Gasteiger partial charge in [0.25, 0.3) is 0 Å². The summed E-state index contributed by atoms with van der Waals surface area (Å²) in [4.78, 5) is 22.9. The molecule has 1 atom stereocenters. The minimum Gasteiger partial charge on any atom is -0.339 e. The van der Waals surface area contributed by atoms with Crippen LogP contribution in [-0.4, -0.2) is 66.1 Å². The van der Waals surface area contributed by atoms with Gasteiger partial charge in [0, 0.05) is 49.0 Å². The molecule has 2 aliphatic heterocycles. The Labute approximate surface area is 227 Å². The zero-order chi connectivity index (χ0) is 27.0. The molecule has 4 heterocycles. The third-order valence-electron chi connectivity index (χ3n) is 7.57. The highest BCUT2D eigenvalue weighted by molar-refractivity contribution is 7.89. The van der Waals surface area contributed by atoms with Crippen LogP contribution in [0.2, 0.25) is 0 Å². The van der Waals surface area contributed by atoms with Crippen LogP contribution >= 0.6 is 0 Å². The van der Waals surface area contributed by atoms with Gasteiger partial charge < -0.3 is 16.0 Å². The molecule has 11 heteroatoms. The van der Waals surface area contributed by atoms with E-state index >= 15 is 0 Å². The molecule has 2 aliphatic rings. The number of benzene rings is 2. The Kier molecular flexibility index (Phi) is 7.08. The summed E-state index contributed by atoms with van der Waals surface area (Å²) in [5.41, 5.74) is 9.61. The molecule has 0 spiro atoms. The maximum absolute atomic E-state index is 12.8. The summed E-state index contributed by atoms with van der Waals surface area (Å²) in [6, 6.07) is 16.8. The Bertz CT molecular complexity index is 1620. The molecular formula is C28H33N7O3S. The number of nitrogens with zero attached hydrogens (tertiary/aromatic N) is 3. The van der Waals surface area contributed by atoms with Crippen LogP contribution in [0.15, 0.2) is 70.5 Å². The van der Waals surface area contributed by atoms with Crippen molar-refractivity contribution in [3.63, 3.8) is 0 Å². The fourth-order valence-corrected chi connectivity index (χ4v) is 6.71. The maximum Gasteiger partial charge on any atom is 0.354 e. The lowest BCUT2D eigenvalue weighted by Gasteiger charge is -2.23. The van der Waals surface area contributed by atoms with E-state index in [1.54, 1.807) is 30.5 Å². The molecular weight excluding hydrogens is 514 g/mol. The molecule has 0 amide bonds. The molecule has 2 aromatic carbocycles. The summed E-state index contributed by atoms with van der Waals surface area (Å²) in [7, 11) is -3.59. The van der Waals surface area contributed by atoms with Gasteiger partial charge in [-0.05, 0) is 73.8 Å². The van der Waals surface area contributed by atoms with Crippen molar-refractivity contribution >= 4 is 21.1 Å². The van der Waals surface area contributed by atoms with Crippen molar-refractivity contribution in [1.82, 2.24) is 29.5 Å². The van der Waals surface area contributed by atoms with E-state index < -0.39 is 10.0 Å². The number of nitrogens with two attached hydrogens (primary N) is 1. The largest absolute Gasteiger partial charge is 0.354 e. The van der Waals surface area contributed by atoms with E-state index in [1.165, 1.54) is 10.1 Å². The molecule has 10 nitrogen and oxygen atoms in total. The highest BCUT2D eigenvalue weighted by Gasteiger charge is 2.22. The number of H-pyrrole nitrogens is 1. The van der Waals surface area contributed by atoms with E-state index in [-0.39, 0.29) is 22.7 Å². The summed E-state index contributed by atoms with van der Waals surface area (Å²) in [6.45, 7) is 4.38. The first-order chi connectivity index (χ1) is 18.8. The van der Waals surface area contributed by atoms with Gasteiger partial charge in [0.05, 0.1) is 10.6 Å². The van der Waals surface area contributed by atoms with Crippen LogP contribution in [0.3, 0.4) is 0 Å². The Morgan fingerprint density at radius 1 is 1.03 bits per heavy atom. The summed E-state index contributed by atoms with van der Waals surface area (Å²) in [5.74, 6) is 0. The average molecular weight is 548 g/mol. The molecule has 5 N–H and O–H groups in total. The van der Waals surface area contributed by atoms with E-state index in [4.69, 9.17) is 5.73 Å². The quantitative estimate of drug-likeness (QED) is 0.277. The molecule has 6 rings (SSSR count). The van der Waals surface area contributed by atoms with Gasteiger partial charge in [0.15, 0.2) is 0 Å². The lowest BCUT2D eigenvalue weighted by atomic mass is 10.1. The van der Waals surface area contributed by atoms with Crippen LogP contribution in [0, 0.1) is 0 Å². The van der Waals surface area contributed by atoms with Gasteiger partial charge in [-0.15, -0.1) is 0 Å². The molecule has 2 aromatic heterocycles. The van der Waals surface area contributed by atoms with Gasteiger partial charge >= 0.3 is 5.69 Å². The molecule has 204 valence electrons. The molecule has 0 radical (unpaired) electrons. The highest BCUT2D eigenvalue weighted by atomic mass is 32.2. The molecule has 0 saturated carbocycles. The smallest absolute Gasteiger partial charge is 0.339 e. The van der Waals surface area contributed by atoms with E-state index in [1.807, 2.05) is 30.3 Å². The highest BCUT2D eigenvalue weighted by Crippen LogP contribution is 2.25. The van der Waals surface area contributed by atoms with Crippen LogP contribution in [0.1, 0.15) is 24.8 Å². The zero-order valence-corrected chi connectivity index (χ0v) is 22.5. The summed E-state index contributed by atoms with van der Waals surface area (Å²) in [6.07, 6.45) is 4.36. The topological polar surface area (TPSA) is 138 Å². The lowest BCUT2D eigenvalue weighted by molar-refractivity contribution is 0.327. The lowest BCUT2D eigenvalue weighted by Crippen LogP contribution is -2.42. The first kappa shape index (κ1) is 25.9. The van der Waals surface area contributed by atoms with Crippen molar-refractivity contribution in [2.24, 2.45) is 5.73 Å². The molecule has 0 unspecified atom stereocenters. The molecule has 4 aromatic rings. The Morgan fingerprint density at radius 2 is 1.77 bits per heavy atom. The predicted octanol–water partition coefficient (Wildman–Crippen LogP) is 1.94. The minimum atomic E-state index is -3.59. The predicted molar refractivity (Wildman–Crippen MR) is 151 cm³/mol. The first-order valence-corrected chi connectivity index (χ1v) is 14.9. The second-order valence-corrected chi connectivity index (χ2v) is 12.2. The third kappa shape index (κ3) is 5.68. The molecule has 0 aliphatic carbocycles. The van der Waals surface area contributed by atoms with E-state index in [2.05, 4.69) is 24.9 Å². The van der Waals surface area contributed by atoms with Gasteiger partial charge in [0.2, 0.25) is 10.0 Å². The van der Waals surface area contributed by atoms with Crippen molar-refractivity contribution in [2.45, 2.75) is 42.8 Å². The van der Waals surface area contributed by atoms with Gasteiger partial charge in [-0.25, -0.2) is 17.9 Å². The standard InChI is InChI=1S/C28H33N7O3S/c29-22-11-14-34(18-22)16-19-1-5-24(6-2-19)35-17-21-15-26(31-27(21)32-28(35)36)20-3-7-25(8-4-20)39(37,38)33-23-9-12-30-13-10-23/h1-8,15,17,22-23,30,33H,9-14,16,18,29H2,(H,31,32,36)/t22-/m1/s1. The monoisotopic (exact) mass is 547 g/mol. The third-order valence-corrected chi connectivity index (χ3v) is 9.11. The number of hydrogen-bond donors (Lipinski definition) is 4. The summed E-state index contributed by atoms with van der Waals surface area (Å²) >= 11 is 0. The number of sulfonamides is 1. The molecule has 39 heavy (non-hydrogen) atoms. The number of nitrogens with one attached hydrogen (secondary N) is 3. The molecule has 0 bridgehead atoms. The number of likely N-dealkylation sites (tertiary alicyclic amines) is 1. The van der Waals surface area contributed by atoms with Crippen molar-refractivity contribution in [3.05, 3.63) is 76.8 Å². The fraction of sp³-hybridized carbons (Fsp3) is 0.357. The second-order valence-electron chi connectivity index (χ2n) is 10.5. The van der Waals surface area contributed by atoms with Crippen molar-refractivity contribution in [1.29, 1.82) is 0 Å². The molecule has 2 saturated heterocycles. The maximum atomic E-state index is 12.8.